The van der Waals surface area contributed by atoms with Gasteiger partial charge in [-0.25, -0.2) is 4.57 Å². The Balaban J connectivity index is 2.41. The predicted octanol–water partition coefficient (Wildman–Crippen LogP) is 12.6. The van der Waals surface area contributed by atoms with Crippen molar-refractivity contribution in [1.82, 2.24) is 5.32 Å². The molecule has 0 aliphatic heterocycles. The molecule has 0 saturated carbocycles. The fourth-order valence-corrected chi connectivity index (χ4v) is 8.14. The second kappa shape index (κ2) is 38.0. The Morgan fingerprint density at radius 2 is 1.10 bits per heavy atom. The maximum absolute atomic E-state index is 12.7. The first-order chi connectivity index (χ1) is 28.6. The van der Waals surface area contributed by atoms with Crippen LogP contribution in [0.3, 0.4) is 0 Å². The predicted molar refractivity (Wildman–Crippen MR) is 245 cm³/mol. The van der Waals surface area contributed by atoms with Crippen molar-refractivity contribution in [3.8, 4) is 5.75 Å². The molecule has 0 saturated heterocycles. The number of carbonyl (C=O) groups is 3. The van der Waals surface area contributed by atoms with Crippen LogP contribution in [0.2, 0.25) is 0 Å². The van der Waals surface area contributed by atoms with Crippen molar-refractivity contribution in [1.29, 1.82) is 0 Å². The number of hydrogen-bond donors (Lipinski definition) is 3. The van der Waals surface area contributed by atoms with E-state index in [2.05, 4.69) is 19.2 Å². The molecule has 2 unspecified atom stereocenters. The van der Waals surface area contributed by atoms with Gasteiger partial charge in [-0.05, 0) is 59.5 Å². The number of benzene rings is 1. The van der Waals surface area contributed by atoms with E-state index >= 15 is 0 Å². The van der Waals surface area contributed by atoms with Gasteiger partial charge in [0.15, 0.2) is 6.10 Å². The first-order valence-corrected chi connectivity index (χ1v) is 25.8. The SMILES string of the molecule is CCCCCCCCCCCCCCCC(=O)OCC(COP(=O)(O)OCCNC(=O)CCc1ccc(O)c([125I])c1)OC(=O)CCCCCCCCCCCCCCC. The molecule has 0 spiro atoms. The Kier molecular flexibility index (Phi) is 35.6. The second-order valence-electron chi connectivity index (χ2n) is 16.0. The van der Waals surface area contributed by atoms with Gasteiger partial charge in [0.1, 0.15) is 12.4 Å². The average Bonchev–Trinajstić information content (AvgIpc) is 3.21. The number of unbranched alkanes of at least 4 members (excludes halogenated alkanes) is 24. The lowest BCUT2D eigenvalue weighted by molar-refractivity contribution is -0.161. The molecule has 0 aliphatic carbocycles. The van der Waals surface area contributed by atoms with Crippen molar-refractivity contribution in [2.45, 2.75) is 213 Å². The number of esters is 2. The standard InChI is InChI=1S/C46H81INO10P/c1-3-5-7-9-11-13-15-17-19-21-23-25-27-29-45(51)55-38-41(58-46(52)30-28-26-24-22-20-18-16-14-12-10-8-6-4-2)39-57-59(53,54)56-36-35-48-44(50)34-32-40-31-33-43(49)42(47)37-40/h31,33,37,41,49H,3-30,32,34-36,38-39H2,1-2H3,(H,48,50)(H,53,54)/i47-2. The number of carbonyl (C=O) groups excluding carboxylic acids is 3. The monoisotopic (exact) mass is 963 g/mol. The van der Waals surface area contributed by atoms with Crippen molar-refractivity contribution in [3.63, 3.8) is 0 Å². The minimum absolute atomic E-state index is 0.0196. The van der Waals surface area contributed by atoms with Gasteiger partial charge in [0, 0.05) is 25.8 Å². The number of halogens is 1. The maximum atomic E-state index is 12.7. The largest absolute Gasteiger partial charge is 0.507 e. The van der Waals surface area contributed by atoms with Gasteiger partial charge in [-0.2, -0.15) is 0 Å². The number of phenols is 1. The normalized spacial score (nSPS) is 12.9. The molecule has 0 bridgehead atoms. The van der Waals surface area contributed by atoms with Crippen LogP contribution in [0.1, 0.15) is 206 Å². The third-order valence-electron chi connectivity index (χ3n) is 10.5. The van der Waals surface area contributed by atoms with E-state index in [4.69, 9.17) is 18.5 Å². The number of ether oxygens (including phenoxy) is 2. The highest BCUT2D eigenvalue weighted by Crippen LogP contribution is 2.43. The Morgan fingerprint density at radius 1 is 0.644 bits per heavy atom. The zero-order valence-corrected chi connectivity index (χ0v) is 39.9. The van der Waals surface area contributed by atoms with Gasteiger partial charge in [-0.3, -0.25) is 23.4 Å². The Labute approximate surface area is 371 Å². The van der Waals surface area contributed by atoms with E-state index in [-0.39, 0.29) is 50.7 Å². The fourth-order valence-electron chi connectivity index (χ4n) is 6.81. The summed E-state index contributed by atoms with van der Waals surface area (Å²) in [6.07, 6.45) is 31.2. The second-order valence-corrected chi connectivity index (χ2v) is 18.6. The van der Waals surface area contributed by atoms with Crippen LogP contribution in [0.25, 0.3) is 0 Å². The molecule has 342 valence electrons. The van der Waals surface area contributed by atoms with E-state index in [1.807, 2.05) is 22.6 Å². The number of phenolic OH excluding ortho intramolecular Hbond substituents is 1. The van der Waals surface area contributed by atoms with Crippen molar-refractivity contribution < 1.29 is 47.5 Å². The lowest BCUT2D eigenvalue weighted by atomic mass is 10.0. The zero-order valence-electron chi connectivity index (χ0n) is 36.8. The zero-order chi connectivity index (χ0) is 43.2. The molecule has 0 radical (unpaired) electrons. The van der Waals surface area contributed by atoms with Crippen molar-refractivity contribution in [2.75, 3.05) is 26.4 Å². The van der Waals surface area contributed by atoms with E-state index in [9.17, 15) is 28.9 Å². The molecule has 11 nitrogen and oxygen atoms in total. The topological polar surface area (TPSA) is 158 Å². The lowest BCUT2D eigenvalue weighted by Crippen LogP contribution is -2.30. The molecule has 3 N–H and O–H groups in total. The molecule has 1 aromatic rings. The number of aryl methyl sites for hydroxylation is 1. The molecule has 1 rings (SSSR count). The molecule has 1 amide bonds. The highest BCUT2D eigenvalue weighted by atomic mass is 125. The van der Waals surface area contributed by atoms with E-state index in [1.54, 1.807) is 18.2 Å². The van der Waals surface area contributed by atoms with Crippen molar-refractivity contribution >= 4 is 48.3 Å². The summed E-state index contributed by atoms with van der Waals surface area (Å²) in [6.45, 7) is 3.39. The molecule has 13 heteroatoms. The fraction of sp³-hybridized carbons (Fsp3) is 0.804. The first-order valence-electron chi connectivity index (χ1n) is 23.3. The summed E-state index contributed by atoms with van der Waals surface area (Å²) in [4.78, 5) is 47.9. The summed E-state index contributed by atoms with van der Waals surface area (Å²) in [5.41, 5.74) is 0.900. The molecule has 0 fully saturated rings. The van der Waals surface area contributed by atoms with E-state index in [1.165, 1.54) is 116 Å². The van der Waals surface area contributed by atoms with Gasteiger partial charge in [-0.15, -0.1) is 0 Å². The highest BCUT2D eigenvalue weighted by molar-refractivity contribution is 14.1. The van der Waals surface area contributed by atoms with Crippen LogP contribution < -0.4 is 5.32 Å². The molecule has 0 heterocycles. The highest BCUT2D eigenvalue weighted by Gasteiger charge is 2.26. The van der Waals surface area contributed by atoms with E-state index in [0.29, 0.717) is 22.8 Å². The van der Waals surface area contributed by atoms with Crippen molar-refractivity contribution in [3.05, 3.63) is 27.3 Å². The molecular weight excluding hydrogens is 882 g/mol. The van der Waals surface area contributed by atoms with Crippen LogP contribution in [0, 0.1) is 3.57 Å². The third-order valence-corrected chi connectivity index (χ3v) is 12.3. The van der Waals surface area contributed by atoms with Gasteiger partial charge >= 0.3 is 19.8 Å². The minimum atomic E-state index is -4.57. The molecule has 1 aromatic carbocycles. The summed E-state index contributed by atoms with van der Waals surface area (Å²) < 4.78 is 34.5. The Morgan fingerprint density at radius 3 is 1.58 bits per heavy atom. The summed E-state index contributed by atoms with van der Waals surface area (Å²) in [5.74, 6) is -0.971. The summed E-state index contributed by atoms with van der Waals surface area (Å²) in [7, 11) is -4.57. The van der Waals surface area contributed by atoms with Crippen LogP contribution >= 0.6 is 30.4 Å². The smallest absolute Gasteiger partial charge is 0.472 e. The summed E-state index contributed by atoms with van der Waals surface area (Å²) >= 11 is 2.02. The number of aromatic hydroxyl groups is 1. The average molecular weight is 964 g/mol. The molecule has 59 heavy (non-hydrogen) atoms. The number of rotatable bonds is 41. The summed E-state index contributed by atoms with van der Waals surface area (Å²) in [6, 6.07) is 5.13. The quantitative estimate of drug-likeness (QED) is 0.0250. The molecule has 2 atom stereocenters. The van der Waals surface area contributed by atoms with Crippen LogP contribution in [-0.4, -0.2) is 60.3 Å². The summed E-state index contributed by atoms with van der Waals surface area (Å²) in [5, 5.41) is 12.3. The van der Waals surface area contributed by atoms with Crippen LogP contribution in [0.15, 0.2) is 18.2 Å². The van der Waals surface area contributed by atoms with Crippen LogP contribution in [0.4, 0.5) is 0 Å². The number of phosphoric ester groups is 1. The number of amides is 1. The van der Waals surface area contributed by atoms with Gasteiger partial charge in [0.05, 0.1) is 16.8 Å². The van der Waals surface area contributed by atoms with Gasteiger partial charge < -0.3 is 24.8 Å². The van der Waals surface area contributed by atoms with Gasteiger partial charge in [-0.1, -0.05) is 174 Å². The number of phosphoric acid groups is 1. The third kappa shape index (κ3) is 34.5. The van der Waals surface area contributed by atoms with E-state index < -0.39 is 32.5 Å². The molecule has 0 aliphatic rings. The molecular formula is C46H81INO10P. The van der Waals surface area contributed by atoms with E-state index in [0.717, 1.165) is 44.1 Å². The van der Waals surface area contributed by atoms with Crippen molar-refractivity contribution in [2.24, 2.45) is 0 Å². The maximum Gasteiger partial charge on any atom is 0.472 e. The first kappa shape index (κ1) is 55.3. The number of nitrogens with one attached hydrogen (secondary N) is 1. The minimum Gasteiger partial charge on any atom is -0.507 e. The van der Waals surface area contributed by atoms with Crippen LogP contribution in [0.5, 0.6) is 5.75 Å². The Hall–Kier alpha value is -1.73. The lowest BCUT2D eigenvalue weighted by Gasteiger charge is -2.20. The molecule has 0 aromatic heterocycles. The van der Waals surface area contributed by atoms with Gasteiger partial charge in [0.25, 0.3) is 0 Å². The Bertz CT molecular complexity index is 1270. The van der Waals surface area contributed by atoms with Gasteiger partial charge in [0.2, 0.25) is 5.91 Å². The number of hydrogen-bond acceptors (Lipinski definition) is 9. The van der Waals surface area contributed by atoms with Crippen LogP contribution in [-0.2, 0) is 43.9 Å².